The molecule has 1 aromatic carbocycles. The number of nitrogens with one attached hydrogen (secondary N) is 1. The van der Waals surface area contributed by atoms with Crippen LogP contribution in [0.3, 0.4) is 0 Å². The van der Waals surface area contributed by atoms with Crippen LogP contribution in [0.15, 0.2) is 30.5 Å². The average Bonchev–Trinajstić information content (AvgIpc) is 2.46. The molecule has 6 nitrogen and oxygen atoms in total. The molecule has 0 bridgehead atoms. The smallest absolute Gasteiger partial charge is 0.311 e. The Hall–Kier alpha value is -2.35. The first-order valence-corrected chi connectivity index (χ1v) is 6.21. The Labute approximate surface area is 118 Å². The predicted octanol–water partition coefficient (Wildman–Crippen LogP) is 2.84. The number of hydrogen-bond acceptors (Lipinski definition) is 5. The number of rotatable bonds is 7. The lowest BCUT2D eigenvalue weighted by Crippen LogP contribution is -2.14. The van der Waals surface area contributed by atoms with E-state index in [0.29, 0.717) is 16.6 Å². The van der Waals surface area contributed by atoms with Crippen molar-refractivity contribution in [2.24, 2.45) is 0 Å². The van der Waals surface area contributed by atoms with Crippen molar-refractivity contribution < 1.29 is 18.4 Å². The number of alkyl halides is 2. The van der Waals surface area contributed by atoms with Crippen LogP contribution < -0.4 is 5.32 Å². The maximum absolute atomic E-state index is 11.9. The number of benzene rings is 1. The number of nitro groups is 1. The summed E-state index contributed by atoms with van der Waals surface area (Å²) < 4.78 is 28.6. The van der Waals surface area contributed by atoms with Gasteiger partial charge in [0.05, 0.1) is 17.0 Å². The van der Waals surface area contributed by atoms with Crippen molar-refractivity contribution in [3.05, 3.63) is 40.6 Å². The molecule has 0 aliphatic rings. The molecule has 0 saturated heterocycles. The average molecular weight is 297 g/mol. The van der Waals surface area contributed by atoms with Gasteiger partial charge >= 0.3 is 5.69 Å². The van der Waals surface area contributed by atoms with Crippen molar-refractivity contribution in [2.75, 3.05) is 25.1 Å². The number of nitrogens with zero attached hydrogens (tertiary/aromatic N) is 2. The highest BCUT2D eigenvalue weighted by molar-refractivity contribution is 5.95. The Morgan fingerprint density at radius 1 is 1.38 bits per heavy atom. The summed E-state index contributed by atoms with van der Waals surface area (Å²) in [7, 11) is 0. The Kier molecular flexibility index (Phi) is 4.94. The van der Waals surface area contributed by atoms with Crippen molar-refractivity contribution in [2.45, 2.75) is 6.43 Å². The fraction of sp³-hybridized carbons (Fsp3) is 0.308. The maximum atomic E-state index is 11.9. The van der Waals surface area contributed by atoms with E-state index in [1.165, 1.54) is 6.20 Å². The number of pyridine rings is 1. The van der Waals surface area contributed by atoms with Crippen molar-refractivity contribution in [1.82, 2.24) is 4.98 Å². The van der Waals surface area contributed by atoms with E-state index in [4.69, 9.17) is 4.74 Å². The first-order valence-electron chi connectivity index (χ1n) is 6.21. The van der Waals surface area contributed by atoms with Crippen LogP contribution in [0.5, 0.6) is 0 Å². The van der Waals surface area contributed by atoms with Crippen LogP contribution in [0.4, 0.5) is 20.2 Å². The quantitative estimate of drug-likeness (QED) is 0.483. The lowest BCUT2D eigenvalue weighted by Gasteiger charge is -2.10. The zero-order valence-corrected chi connectivity index (χ0v) is 11.0. The summed E-state index contributed by atoms with van der Waals surface area (Å²) in [6.45, 7) is -0.444. The highest BCUT2D eigenvalue weighted by Crippen LogP contribution is 2.30. The van der Waals surface area contributed by atoms with Gasteiger partial charge in [-0.3, -0.25) is 10.1 Å². The van der Waals surface area contributed by atoms with Crippen LogP contribution in [-0.2, 0) is 4.74 Å². The third kappa shape index (κ3) is 3.82. The summed E-state index contributed by atoms with van der Waals surface area (Å²) >= 11 is 0. The Bertz CT molecular complexity index is 637. The van der Waals surface area contributed by atoms with Gasteiger partial charge in [0.25, 0.3) is 6.43 Å². The second-order valence-corrected chi connectivity index (χ2v) is 4.19. The molecule has 21 heavy (non-hydrogen) atoms. The second-order valence-electron chi connectivity index (χ2n) is 4.19. The van der Waals surface area contributed by atoms with Crippen LogP contribution in [0, 0.1) is 10.1 Å². The number of fused-ring (bicyclic) bond motifs is 1. The molecule has 1 aromatic heterocycles. The molecule has 0 saturated carbocycles. The normalized spacial score (nSPS) is 11.0. The maximum Gasteiger partial charge on any atom is 0.311 e. The van der Waals surface area contributed by atoms with Crippen molar-refractivity contribution in [1.29, 1.82) is 0 Å². The van der Waals surface area contributed by atoms with Crippen LogP contribution >= 0.6 is 0 Å². The number of ether oxygens (including phenoxy) is 1. The fourth-order valence-corrected chi connectivity index (χ4v) is 1.88. The molecule has 0 amide bonds. The summed E-state index contributed by atoms with van der Waals surface area (Å²) in [5.41, 5.74) is 0.757. The monoisotopic (exact) mass is 297 g/mol. The highest BCUT2D eigenvalue weighted by atomic mass is 19.3. The summed E-state index contributed by atoms with van der Waals surface area (Å²) in [4.78, 5) is 14.5. The summed E-state index contributed by atoms with van der Waals surface area (Å²) in [5.74, 6) is 0. The van der Waals surface area contributed by atoms with Gasteiger partial charge in [-0.2, -0.15) is 0 Å². The second kappa shape index (κ2) is 6.89. The van der Waals surface area contributed by atoms with Crippen LogP contribution in [0.25, 0.3) is 10.9 Å². The van der Waals surface area contributed by atoms with E-state index in [1.54, 1.807) is 24.3 Å². The molecule has 112 valence electrons. The number of hydrogen-bond donors (Lipinski definition) is 1. The van der Waals surface area contributed by atoms with Gasteiger partial charge in [0.1, 0.15) is 18.5 Å². The topological polar surface area (TPSA) is 77.3 Å². The largest absolute Gasteiger partial charge is 0.377 e. The van der Waals surface area contributed by atoms with Gasteiger partial charge in [-0.1, -0.05) is 18.2 Å². The van der Waals surface area contributed by atoms with E-state index in [0.717, 1.165) is 0 Å². The van der Waals surface area contributed by atoms with Gasteiger partial charge in [-0.25, -0.2) is 13.8 Å². The number of halogens is 2. The molecule has 2 aromatic rings. The molecule has 8 heteroatoms. The number of anilines is 1. The summed E-state index contributed by atoms with van der Waals surface area (Å²) in [6.07, 6.45) is -1.36. The predicted molar refractivity (Wildman–Crippen MR) is 73.7 cm³/mol. The molecule has 0 radical (unpaired) electrons. The van der Waals surface area contributed by atoms with E-state index in [2.05, 4.69) is 10.3 Å². The van der Waals surface area contributed by atoms with E-state index < -0.39 is 18.0 Å². The van der Waals surface area contributed by atoms with E-state index in [-0.39, 0.29) is 18.8 Å². The molecule has 1 N–H and O–H groups in total. The molecule has 0 aliphatic carbocycles. The minimum absolute atomic E-state index is 0.0259. The van der Waals surface area contributed by atoms with Crippen LogP contribution in [0.1, 0.15) is 0 Å². The lowest BCUT2D eigenvalue weighted by molar-refractivity contribution is -0.384. The van der Waals surface area contributed by atoms with Crippen LogP contribution in [-0.4, -0.2) is 36.1 Å². The zero-order chi connectivity index (χ0) is 15.2. The minimum atomic E-state index is -2.53. The standard InChI is InChI=1S/C13H13F2N3O3/c14-12(15)8-21-6-5-16-13-9-3-1-2-4-10(9)17-7-11(13)18(19)20/h1-4,7,12H,5-6,8H2,(H,16,17). The summed E-state index contributed by atoms with van der Waals surface area (Å²) in [6, 6.07) is 6.96. The SMILES string of the molecule is O=[N+]([O-])c1cnc2ccccc2c1NCCOCC(F)F. The van der Waals surface area contributed by atoms with E-state index in [1.807, 2.05) is 0 Å². The van der Waals surface area contributed by atoms with Crippen molar-refractivity contribution in [3.63, 3.8) is 0 Å². The Morgan fingerprint density at radius 2 is 2.14 bits per heavy atom. The molecule has 1 heterocycles. The van der Waals surface area contributed by atoms with Gasteiger partial charge < -0.3 is 10.1 Å². The van der Waals surface area contributed by atoms with Gasteiger partial charge in [-0.05, 0) is 6.07 Å². The van der Waals surface area contributed by atoms with Crippen molar-refractivity contribution in [3.8, 4) is 0 Å². The Morgan fingerprint density at radius 3 is 2.86 bits per heavy atom. The number of aromatic nitrogens is 1. The molecule has 0 spiro atoms. The Balaban J connectivity index is 2.16. The first-order chi connectivity index (χ1) is 10.1. The minimum Gasteiger partial charge on any atom is -0.377 e. The first kappa shape index (κ1) is 15.0. The fourth-order valence-electron chi connectivity index (χ4n) is 1.88. The summed E-state index contributed by atoms with van der Waals surface area (Å²) in [5, 5.41) is 14.5. The van der Waals surface area contributed by atoms with E-state index in [9.17, 15) is 18.9 Å². The molecular weight excluding hydrogens is 284 g/mol. The van der Waals surface area contributed by atoms with Crippen molar-refractivity contribution >= 4 is 22.3 Å². The lowest BCUT2D eigenvalue weighted by atomic mass is 10.1. The van der Waals surface area contributed by atoms with Gasteiger partial charge in [-0.15, -0.1) is 0 Å². The molecule has 0 aliphatic heterocycles. The van der Waals surface area contributed by atoms with Gasteiger partial charge in [0, 0.05) is 11.9 Å². The van der Waals surface area contributed by atoms with Crippen LogP contribution in [0.2, 0.25) is 0 Å². The third-order valence-electron chi connectivity index (χ3n) is 2.74. The third-order valence-corrected chi connectivity index (χ3v) is 2.74. The number of para-hydroxylation sites is 1. The zero-order valence-electron chi connectivity index (χ0n) is 11.0. The molecule has 2 rings (SSSR count). The molecule has 0 unspecified atom stereocenters. The van der Waals surface area contributed by atoms with E-state index >= 15 is 0 Å². The van der Waals surface area contributed by atoms with Gasteiger partial charge in [0.2, 0.25) is 0 Å². The molecule has 0 fully saturated rings. The molecule has 0 atom stereocenters. The highest BCUT2D eigenvalue weighted by Gasteiger charge is 2.17. The molecular formula is C13H13F2N3O3. The van der Waals surface area contributed by atoms with Gasteiger partial charge in [0.15, 0.2) is 0 Å².